The molecule has 198 valence electrons. The van der Waals surface area contributed by atoms with Crippen molar-refractivity contribution >= 4 is 16.6 Å². The molecule has 0 saturated carbocycles. The van der Waals surface area contributed by atoms with Gasteiger partial charge in [-0.25, -0.2) is 9.07 Å². The summed E-state index contributed by atoms with van der Waals surface area (Å²) in [4.78, 5) is 21.4. The zero-order chi connectivity index (χ0) is 26.9. The lowest BCUT2D eigenvalue weighted by molar-refractivity contribution is 0.200. The Morgan fingerprint density at radius 2 is 1.69 bits per heavy atom. The Hall–Kier alpha value is -4.37. The molecule has 0 aliphatic carbocycles. The van der Waals surface area contributed by atoms with Crippen LogP contribution in [-0.2, 0) is 6.54 Å². The van der Waals surface area contributed by atoms with E-state index >= 15 is 0 Å². The number of nitrogens with one attached hydrogen (secondary N) is 1. The molecule has 0 spiro atoms. The minimum atomic E-state index is -0.452. The van der Waals surface area contributed by atoms with Crippen LogP contribution in [0.4, 0.5) is 10.1 Å². The first kappa shape index (κ1) is 24.9. The second-order valence-corrected chi connectivity index (χ2v) is 10.2. The van der Waals surface area contributed by atoms with Crippen LogP contribution in [0.5, 0.6) is 0 Å². The van der Waals surface area contributed by atoms with E-state index in [1.165, 1.54) is 17.8 Å². The summed E-state index contributed by atoms with van der Waals surface area (Å²) < 4.78 is 15.2. The molecule has 1 aliphatic rings. The normalized spacial score (nSPS) is 15.1. The molecule has 3 aromatic carbocycles. The number of anilines is 1. The van der Waals surface area contributed by atoms with Crippen LogP contribution in [-0.4, -0.2) is 56.3 Å². The lowest BCUT2D eigenvalue weighted by Gasteiger charge is -2.39. The number of tetrazole rings is 1. The van der Waals surface area contributed by atoms with E-state index in [2.05, 4.69) is 55.4 Å². The molecule has 0 amide bonds. The third-order valence-electron chi connectivity index (χ3n) is 7.49. The molecule has 0 radical (unpaired) electrons. The van der Waals surface area contributed by atoms with E-state index in [-0.39, 0.29) is 11.4 Å². The van der Waals surface area contributed by atoms with Crippen LogP contribution in [0.15, 0.2) is 77.6 Å². The number of benzene rings is 3. The largest absolute Gasteiger partial charge is 0.369 e. The minimum absolute atomic E-state index is 0.153. The number of hydrogen-bond donors (Lipinski definition) is 1. The number of para-hydroxylation sites is 1. The summed E-state index contributed by atoms with van der Waals surface area (Å²) in [5, 5.41) is 13.7. The number of hydrogen-bond acceptors (Lipinski definition) is 6. The van der Waals surface area contributed by atoms with Gasteiger partial charge in [0.15, 0.2) is 5.82 Å². The van der Waals surface area contributed by atoms with Gasteiger partial charge < -0.3 is 9.88 Å². The molecule has 1 aliphatic heterocycles. The quantitative estimate of drug-likeness (QED) is 0.359. The molecule has 5 aromatic rings. The molecule has 1 atom stereocenters. The lowest BCUT2D eigenvalue weighted by Crippen LogP contribution is -2.49. The smallest absolute Gasteiger partial charge is 0.253 e. The molecule has 0 bridgehead atoms. The second-order valence-electron chi connectivity index (χ2n) is 10.2. The molecule has 1 saturated heterocycles. The highest BCUT2D eigenvalue weighted by Crippen LogP contribution is 2.30. The van der Waals surface area contributed by atoms with E-state index in [0.717, 1.165) is 53.8 Å². The summed E-state index contributed by atoms with van der Waals surface area (Å²) in [7, 11) is 0. The zero-order valence-electron chi connectivity index (χ0n) is 22.0. The van der Waals surface area contributed by atoms with Gasteiger partial charge in [-0.15, -0.1) is 5.10 Å². The Morgan fingerprint density at radius 1 is 0.949 bits per heavy atom. The highest BCUT2D eigenvalue weighted by atomic mass is 19.1. The van der Waals surface area contributed by atoms with Gasteiger partial charge in [0, 0.05) is 48.3 Å². The van der Waals surface area contributed by atoms with Crippen LogP contribution < -0.4 is 10.5 Å². The molecule has 2 aromatic heterocycles. The van der Waals surface area contributed by atoms with Crippen molar-refractivity contribution < 1.29 is 4.39 Å². The van der Waals surface area contributed by atoms with Crippen LogP contribution in [0, 0.1) is 19.7 Å². The molecule has 1 N–H and O–H groups in total. The third kappa shape index (κ3) is 5.05. The van der Waals surface area contributed by atoms with Crippen molar-refractivity contribution in [1.29, 1.82) is 0 Å². The monoisotopic (exact) mass is 523 g/mol. The average Bonchev–Trinajstić information content (AvgIpc) is 3.39. The maximum absolute atomic E-state index is 13.6. The molecule has 9 heteroatoms. The Bertz CT molecular complexity index is 1660. The number of pyridine rings is 1. The fraction of sp³-hybridized carbons (Fsp3) is 0.267. The van der Waals surface area contributed by atoms with Gasteiger partial charge in [-0.3, -0.25) is 9.69 Å². The molecule has 3 heterocycles. The summed E-state index contributed by atoms with van der Waals surface area (Å²) in [6, 6.07) is 22.3. The van der Waals surface area contributed by atoms with Crippen molar-refractivity contribution in [1.82, 2.24) is 30.1 Å². The number of rotatable bonds is 6. The summed E-state index contributed by atoms with van der Waals surface area (Å²) >= 11 is 0. The predicted molar refractivity (Wildman–Crippen MR) is 149 cm³/mol. The lowest BCUT2D eigenvalue weighted by atomic mass is 9.99. The summed E-state index contributed by atoms with van der Waals surface area (Å²) in [5.74, 6) is 0.292. The van der Waals surface area contributed by atoms with Gasteiger partial charge >= 0.3 is 0 Å². The van der Waals surface area contributed by atoms with Gasteiger partial charge in [0.2, 0.25) is 0 Å². The molecule has 6 rings (SSSR count). The van der Waals surface area contributed by atoms with E-state index < -0.39 is 6.04 Å². The Labute approximate surface area is 225 Å². The fourth-order valence-corrected chi connectivity index (χ4v) is 5.55. The highest BCUT2D eigenvalue weighted by Gasteiger charge is 2.33. The topological polar surface area (TPSA) is 82.9 Å². The number of aromatic amines is 1. The van der Waals surface area contributed by atoms with E-state index in [1.54, 1.807) is 16.8 Å². The predicted octanol–water partition coefficient (Wildman–Crippen LogP) is 4.23. The van der Waals surface area contributed by atoms with Crippen LogP contribution in [0.1, 0.15) is 34.1 Å². The third-order valence-corrected chi connectivity index (χ3v) is 7.49. The minimum Gasteiger partial charge on any atom is -0.369 e. The second kappa shape index (κ2) is 10.4. The first-order chi connectivity index (χ1) is 19.0. The van der Waals surface area contributed by atoms with Crippen molar-refractivity contribution in [2.75, 3.05) is 31.1 Å². The van der Waals surface area contributed by atoms with E-state index in [4.69, 9.17) is 0 Å². The van der Waals surface area contributed by atoms with Crippen LogP contribution in [0.3, 0.4) is 0 Å². The van der Waals surface area contributed by atoms with E-state index in [0.29, 0.717) is 17.9 Å². The summed E-state index contributed by atoms with van der Waals surface area (Å²) in [6.07, 6.45) is 0. The molecule has 8 nitrogen and oxygen atoms in total. The molecule has 1 unspecified atom stereocenters. The van der Waals surface area contributed by atoms with Gasteiger partial charge in [0.25, 0.3) is 5.56 Å². The van der Waals surface area contributed by atoms with Crippen LogP contribution in [0.2, 0.25) is 0 Å². The molecule has 39 heavy (non-hydrogen) atoms. The van der Waals surface area contributed by atoms with Gasteiger partial charge in [0.05, 0.1) is 6.54 Å². The fourth-order valence-electron chi connectivity index (χ4n) is 5.55. The number of halogens is 1. The average molecular weight is 524 g/mol. The van der Waals surface area contributed by atoms with Crippen molar-refractivity contribution in [3.05, 3.63) is 117 Å². The van der Waals surface area contributed by atoms with Crippen LogP contribution in [0.25, 0.3) is 10.9 Å². The Balaban J connectivity index is 1.41. The van der Waals surface area contributed by atoms with Crippen molar-refractivity contribution in [3.63, 3.8) is 0 Å². The van der Waals surface area contributed by atoms with Crippen molar-refractivity contribution in [2.45, 2.75) is 26.4 Å². The number of aryl methyl sites for hydroxylation is 2. The number of piperazine rings is 1. The maximum atomic E-state index is 13.6. The first-order valence-electron chi connectivity index (χ1n) is 13.1. The number of nitrogens with zero attached hydrogens (tertiary/aromatic N) is 6. The van der Waals surface area contributed by atoms with Crippen LogP contribution >= 0.6 is 0 Å². The molecular formula is C30H30FN7O. The van der Waals surface area contributed by atoms with Crippen molar-refractivity contribution in [2.24, 2.45) is 0 Å². The first-order valence-corrected chi connectivity index (χ1v) is 13.1. The Morgan fingerprint density at radius 3 is 2.44 bits per heavy atom. The number of fused-ring (bicyclic) bond motifs is 1. The van der Waals surface area contributed by atoms with Crippen molar-refractivity contribution in [3.8, 4) is 0 Å². The summed E-state index contributed by atoms with van der Waals surface area (Å²) in [5.41, 5.74) is 5.53. The summed E-state index contributed by atoms with van der Waals surface area (Å²) in [6.45, 7) is 7.53. The molecular weight excluding hydrogens is 493 g/mol. The van der Waals surface area contributed by atoms with Gasteiger partial charge in [-0.2, -0.15) is 0 Å². The SMILES string of the molecule is Cc1cc(C)c2cc(C(c3nnnn3Cc3ccc(F)cc3)N3CCN(c4ccccc4)CC3)c(=O)[nH]c2c1. The Kier molecular flexibility index (Phi) is 6.66. The standard InChI is InChI=1S/C30H30FN7O/c1-20-16-21(2)25-18-26(30(39)32-27(25)17-20)28(37-14-12-36(13-15-37)24-6-4-3-5-7-24)29-33-34-35-38(29)19-22-8-10-23(31)11-9-22/h3-11,16-18,28H,12-15,19H2,1-2H3,(H,32,39). The highest BCUT2D eigenvalue weighted by molar-refractivity contribution is 5.83. The maximum Gasteiger partial charge on any atom is 0.253 e. The van der Waals surface area contributed by atoms with Gasteiger partial charge in [-0.05, 0) is 77.4 Å². The molecule has 1 fully saturated rings. The van der Waals surface area contributed by atoms with Gasteiger partial charge in [0.1, 0.15) is 11.9 Å². The number of aromatic nitrogens is 5. The van der Waals surface area contributed by atoms with E-state index in [9.17, 15) is 9.18 Å². The number of H-pyrrole nitrogens is 1. The van der Waals surface area contributed by atoms with Gasteiger partial charge in [-0.1, -0.05) is 36.4 Å². The zero-order valence-corrected chi connectivity index (χ0v) is 22.0. The van der Waals surface area contributed by atoms with E-state index in [1.807, 2.05) is 37.3 Å².